The van der Waals surface area contributed by atoms with Crippen molar-refractivity contribution in [3.63, 3.8) is 0 Å². The summed E-state index contributed by atoms with van der Waals surface area (Å²) in [5, 5.41) is 3.44. The van der Waals surface area contributed by atoms with Gasteiger partial charge in [-0.05, 0) is 18.1 Å². The van der Waals surface area contributed by atoms with E-state index in [4.69, 9.17) is 9.72 Å². The number of morpholine rings is 1. The van der Waals surface area contributed by atoms with Crippen LogP contribution in [0.15, 0.2) is 12.1 Å². The molecule has 1 fully saturated rings. The number of hydrogen-bond donors (Lipinski definition) is 1. The van der Waals surface area contributed by atoms with Crippen molar-refractivity contribution in [3.05, 3.63) is 23.4 Å². The minimum atomic E-state index is 0.469. The highest BCUT2D eigenvalue weighted by molar-refractivity contribution is 5.44. The lowest BCUT2D eigenvalue weighted by Gasteiger charge is -2.37. The molecular formula is C15H23N3O. The average molecular weight is 261 g/mol. The van der Waals surface area contributed by atoms with Gasteiger partial charge in [-0.1, -0.05) is 19.9 Å². The van der Waals surface area contributed by atoms with Crippen LogP contribution in [0.2, 0.25) is 0 Å². The van der Waals surface area contributed by atoms with Crippen LogP contribution in [0, 0.1) is 0 Å². The molecule has 104 valence electrons. The van der Waals surface area contributed by atoms with Gasteiger partial charge in [0.25, 0.3) is 0 Å². The number of rotatable bonds is 2. The van der Waals surface area contributed by atoms with E-state index in [1.165, 1.54) is 11.3 Å². The Morgan fingerprint density at radius 3 is 3.21 bits per heavy atom. The lowest BCUT2D eigenvalue weighted by molar-refractivity contribution is 0.0925. The summed E-state index contributed by atoms with van der Waals surface area (Å²) in [7, 11) is 0. The van der Waals surface area contributed by atoms with Crippen molar-refractivity contribution >= 4 is 5.82 Å². The number of aromatic nitrogens is 1. The second kappa shape index (κ2) is 5.47. The van der Waals surface area contributed by atoms with Gasteiger partial charge in [-0.25, -0.2) is 4.98 Å². The summed E-state index contributed by atoms with van der Waals surface area (Å²) in [6, 6.07) is 4.88. The monoisotopic (exact) mass is 261 g/mol. The van der Waals surface area contributed by atoms with Gasteiger partial charge in [0, 0.05) is 25.6 Å². The molecule has 0 saturated carbocycles. The third kappa shape index (κ3) is 2.47. The van der Waals surface area contributed by atoms with E-state index < -0.39 is 0 Å². The van der Waals surface area contributed by atoms with E-state index >= 15 is 0 Å². The first-order valence-electron chi connectivity index (χ1n) is 7.34. The number of fused-ring (bicyclic) bond motifs is 1. The lowest BCUT2D eigenvalue weighted by atomic mass is 9.98. The van der Waals surface area contributed by atoms with Gasteiger partial charge < -0.3 is 15.0 Å². The van der Waals surface area contributed by atoms with Gasteiger partial charge in [0.05, 0.1) is 24.9 Å². The molecule has 0 aromatic carbocycles. The summed E-state index contributed by atoms with van der Waals surface area (Å²) in [6.07, 6.45) is 1.11. The van der Waals surface area contributed by atoms with E-state index in [2.05, 4.69) is 36.2 Å². The third-order valence-corrected chi connectivity index (χ3v) is 4.22. The van der Waals surface area contributed by atoms with Crippen LogP contribution in [-0.2, 0) is 11.3 Å². The Kier molecular flexibility index (Phi) is 3.71. The zero-order chi connectivity index (χ0) is 13.2. The molecule has 0 radical (unpaired) electrons. The van der Waals surface area contributed by atoms with Crippen molar-refractivity contribution in [2.75, 3.05) is 31.2 Å². The zero-order valence-electron chi connectivity index (χ0n) is 11.9. The minimum absolute atomic E-state index is 0.469. The number of pyridine rings is 1. The molecule has 4 heteroatoms. The number of hydrogen-bond acceptors (Lipinski definition) is 4. The predicted octanol–water partition coefficient (Wildman–Crippen LogP) is 1.90. The smallest absolute Gasteiger partial charge is 0.129 e. The molecule has 0 bridgehead atoms. The molecule has 1 unspecified atom stereocenters. The Bertz CT molecular complexity index is 449. The zero-order valence-corrected chi connectivity index (χ0v) is 11.9. The molecule has 0 spiro atoms. The molecule has 19 heavy (non-hydrogen) atoms. The summed E-state index contributed by atoms with van der Waals surface area (Å²) in [5.41, 5.74) is 2.63. The molecule has 1 N–H and O–H groups in total. The molecule has 2 aliphatic heterocycles. The lowest BCUT2D eigenvalue weighted by Crippen LogP contribution is -2.45. The van der Waals surface area contributed by atoms with Gasteiger partial charge in [0.1, 0.15) is 5.82 Å². The van der Waals surface area contributed by atoms with Gasteiger partial charge in [0.2, 0.25) is 0 Å². The largest absolute Gasteiger partial charge is 0.377 e. The van der Waals surface area contributed by atoms with Crippen LogP contribution in [0.5, 0.6) is 0 Å². The van der Waals surface area contributed by atoms with Gasteiger partial charge in [0.15, 0.2) is 0 Å². The normalized spacial score (nSPS) is 27.2. The maximum atomic E-state index is 5.58. The molecule has 2 atom stereocenters. The molecule has 2 aliphatic rings. The highest BCUT2D eigenvalue weighted by Crippen LogP contribution is 2.26. The van der Waals surface area contributed by atoms with E-state index in [1.54, 1.807) is 0 Å². The molecule has 1 aromatic rings. The molecule has 3 rings (SSSR count). The fraction of sp³-hybridized carbons (Fsp3) is 0.667. The van der Waals surface area contributed by atoms with Gasteiger partial charge in [-0.2, -0.15) is 0 Å². The van der Waals surface area contributed by atoms with Crippen LogP contribution < -0.4 is 10.2 Å². The molecule has 1 saturated heterocycles. The van der Waals surface area contributed by atoms with Gasteiger partial charge in [-0.3, -0.25) is 0 Å². The Morgan fingerprint density at radius 1 is 1.47 bits per heavy atom. The van der Waals surface area contributed by atoms with Gasteiger partial charge >= 0.3 is 0 Å². The van der Waals surface area contributed by atoms with Crippen molar-refractivity contribution in [2.45, 2.75) is 38.8 Å². The van der Waals surface area contributed by atoms with Crippen LogP contribution in [0.4, 0.5) is 5.82 Å². The Morgan fingerprint density at radius 2 is 2.37 bits per heavy atom. The van der Waals surface area contributed by atoms with Crippen molar-refractivity contribution in [1.82, 2.24) is 10.3 Å². The number of anilines is 1. The van der Waals surface area contributed by atoms with Crippen LogP contribution >= 0.6 is 0 Å². The highest BCUT2D eigenvalue weighted by atomic mass is 16.5. The topological polar surface area (TPSA) is 37.4 Å². The summed E-state index contributed by atoms with van der Waals surface area (Å²) in [4.78, 5) is 7.36. The SMILES string of the molecule is CC[C@@H]1COCCN1c1ccc2c(n1)C(C)CNC2. The van der Waals surface area contributed by atoms with Crippen LogP contribution in [0.25, 0.3) is 0 Å². The maximum absolute atomic E-state index is 5.58. The number of ether oxygens (including phenoxy) is 1. The first-order chi connectivity index (χ1) is 9.29. The predicted molar refractivity (Wildman–Crippen MR) is 76.6 cm³/mol. The Hall–Kier alpha value is -1.13. The first-order valence-corrected chi connectivity index (χ1v) is 7.34. The minimum Gasteiger partial charge on any atom is -0.377 e. The quantitative estimate of drug-likeness (QED) is 0.882. The van der Waals surface area contributed by atoms with E-state index in [-0.39, 0.29) is 0 Å². The van der Waals surface area contributed by atoms with Crippen molar-refractivity contribution < 1.29 is 4.74 Å². The standard InChI is InChI=1S/C15H23N3O/c1-3-13-10-19-7-6-18(13)14-5-4-12-9-16-8-11(2)15(12)17-14/h4-5,11,13,16H,3,6-10H2,1-2H3/t11?,13-/m1/s1. The van der Waals surface area contributed by atoms with E-state index in [0.29, 0.717) is 12.0 Å². The second-order valence-corrected chi connectivity index (χ2v) is 5.58. The van der Waals surface area contributed by atoms with Gasteiger partial charge in [-0.15, -0.1) is 0 Å². The number of nitrogens with one attached hydrogen (secondary N) is 1. The summed E-state index contributed by atoms with van der Waals surface area (Å²) >= 11 is 0. The number of nitrogens with zero attached hydrogens (tertiary/aromatic N) is 2. The molecule has 4 nitrogen and oxygen atoms in total. The summed E-state index contributed by atoms with van der Waals surface area (Å²) in [6.45, 7) is 9.04. The van der Waals surface area contributed by atoms with Crippen molar-refractivity contribution in [3.8, 4) is 0 Å². The molecule has 3 heterocycles. The van der Waals surface area contributed by atoms with Crippen molar-refractivity contribution in [2.24, 2.45) is 0 Å². The van der Waals surface area contributed by atoms with E-state index in [9.17, 15) is 0 Å². The summed E-state index contributed by atoms with van der Waals surface area (Å²) in [5.74, 6) is 1.63. The molecule has 1 aromatic heterocycles. The molecule has 0 amide bonds. The maximum Gasteiger partial charge on any atom is 0.129 e. The van der Waals surface area contributed by atoms with E-state index in [0.717, 1.165) is 45.1 Å². The first kappa shape index (κ1) is 12.9. The fourth-order valence-corrected chi connectivity index (χ4v) is 3.04. The average Bonchev–Trinajstić information content (AvgIpc) is 2.47. The summed E-state index contributed by atoms with van der Waals surface area (Å²) < 4.78 is 5.58. The third-order valence-electron chi connectivity index (χ3n) is 4.22. The van der Waals surface area contributed by atoms with Crippen LogP contribution in [-0.4, -0.2) is 37.3 Å². The highest BCUT2D eigenvalue weighted by Gasteiger charge is 2.25. The fourth-order valence-electron chi connectivity index (χ4n) is 3.04. The molecule has 0 aliphatic carbocycles. The Balaban J connectivity index is 1.90. The van der Waals surface area contributed by atoms with Crippen LogP contribution in [0.1, 0.15) is 37.4 Å². The van der Waals surface area contributed by atoms with E-state index in [1.807, 2.05) is 0 Å². The van der Waals surface area contributed by atoms with Crippen molar-refractivity contribution in [1.29, 1.82) is 0 Å². The second-order valence-electron chi connectivity index (χ2n) is 5.58. The Labute approximate surface area is 115 Å². The van der Waals surface area contributed by atoms with Crippen LogP contribution in [0.3, 0.4) is 0 Å². The molecular weight excluding hydrogens is 238 g/mol.